The Morgan fingerprint density at radius 3 is 2.35 bits per heavy atom. The Hall–Kier alpha value is -1.53. The second-order valence-electron chi connectivity index (χ2n) is 3.84. The molecule has 0 atom stereocenters. The fourth-order valence-electron chi connectivity index (χ4n) is 1.49. The van der Waals surface area contributed by atoms with Crippen LogP contribution in [0.4, 0.5) is 0 Å². The molecule has 0 bridgehead atoms. The molecule has 0 amide bonds. The fraction of sp³-hybridized carbons (Fsp3) is 0.273. The van der Waals surface area contributed by atoms with E-state index in [1.807, 2.05) is 31.2 Å². The number of hydrogen-bond donors (Lipinski definition) is 1. The van der Waals surface area contributed by atoms with Gasteiger partial charge >= 0.3 is 0 Å². The molecule has 0 unspecified atom stereocenters. The topological polar surface area (TPSA) is 72.0 Å². The Kier molecular flexibility index (Phi) is 3.08. The van der Waals surface area contributed by atoms with Crippen molar-refractivity contribution in [1.82, 2.24) is 14.7 Å². The van der Waals surface area contributed by atoms with Crippen LogP contribution in [0.3, 0.4) is 0 Å². The van der Waals surface area contributed by atoms with Crippen LogP contribution in [-0.2, 0) is 16.6 Å². The Morgan fingerprint density at radius 2 is 1.76 bits per heavy atom. The first-order valence-corrected chi connectivity index (χ1v) is 7.02. The average Bonchev–Trinajstić information content (AvgIpc) is 2.25. The van der Waals surface area contributed by atoms with Crippen LogP contribution in [0.25, 0.3) is 11.0 Å². The number of hydrogen-bond acceptors (Lipinski definition) is 4. The van der Waals surface area contributed by atoms with Crippen LogP contribution < -0.4 is 4.72 Å². The van der Waals surface area contributed by atoms with E-state index >= 15 is 0 Å². The highest BCUT2D eigenvalue weighted by Gasteiger charge is 2.07. The predicted molar refractivity (Wildman–Crippen MR) is 66.0 cm³/mol. The summed E-state index contributed by atoms with van der Waals surface area (Å²) in [5.74, 6) is 0. The Bertz CT molecular complexity index is 653. The van der Waals surface area contributed by atoms with E-state index in [1.54, 1.807) is 0 Å². The second-order valence-corrected chi connectivity index (χ2v) is 5.67. The van der Waals surface area contributed by atoms with Gasteiger partial charge in [0, 0.05) is 0 Å². The maximum absolute atomic E-state index is 11.0. The van der Waals surface area contributed by atoms with E-state index in [4.69, 9.17) is 0 Å². The summed E-state index contributed by atoms with van der Waals surface area (Å²) in [7, 11) is -3.21. The van der Waals surface area contributed by atoms with Gasteiger partial charge in [-0.25, -0.2) is 23.1 Å². The normalized spacial score (nSPS) is 11.9. The smallest absolute Gasteiger partial charge is 0.209 e. The number of para-hydroxylation sites is 2. The van der Waals surface area contributed by atoms with E-state index in [-0.39, 0.29) is 6.54 Å². The molecule has 0 saturated heterocycles. The van der Waals surface area contributed by atoms with E-state index in [9.17, 15) is 8.42 Å². The summed E-state index contributed by atoms with van der Waals surface area (Å²) in [5.41, 5.74) is 2.96. The molecule has 0 aliphatic rings. The van der Waals surface area contributed by atoms with Crippen LogP contribution >= 0.6 is 0 Å². The van der Waals surface area contributed by atoms with Crippen molar-refractivity contribution in [2.75, 3.05) is 6.26 Å². The van der Waals surface area contributed by atoms with Gasteiger partial charge in [-0.2, -0.15) is 0 Å². The van der Waals surface area contributed by atoms with E-state index in [2.05, 4.69) is 14.7 Å². The molecule has 0 aliphatic heterocycles. The van der Waals surface area contributed by atoms with Crippen LogP contribution in [-0.4, -0.2) is 24.6 Å². The molecule has 0 saturated carbocycles. The van der Waals surface area contributed by atoms with Crippen molar-refractivity contribution in [3.63, 3.8) is 0 Å². The Balaban J connectivity index is 2.37. The molecule has 1 heterocycles. The minimum absolute atomic E-state index is 0.169. The first kappa shape index (κ1) is 11.9. The van der Waals surface area contributed by atoms with E-state index in [0.717, 1.165) is 23.0 Å². The van der Waals surface area contributed by atoms with Crippen LogP contribution in [0.1, 0.15) is 11.4 Å². The summed E-state index contributed by atoms with van der Waals surface area (Å²) in [6.45, 7) is 1.99. The van der Waals surface area contributed by atoms with Gasteiger partial charge in [0.25, 0.3) is 0 Å². The van der Waals surface area contributed by atoms with Gasteiger partial charge in [-0.15, -0.1) is 0 Å². The number of aryl methyl sites for hydroxylation is 1. The van der Waals surface area contributed by atoms with E-state index in [0.29, 0.717) is 5.69 Å². The van der Waals surface area contributed by atoms with Crippen LogP contribution in [0.2, 0.25) is 0 Å². The lowest BCUT2D eigenvalue weighted by Crippen LogP contribution is -2.22. The summed E-state index contributed by atoms with van der Waals surface area (Å²) in [4.78, 5) is 8.77. The van der Waals surface area contributed by atoms with Gasteiger partial charge in [0.1, 0.15) is 0 Å². The van der Waals surface area contributed by atoms with Crippen molar-refractivity contribution < 1.29 is 8.42 Å². The monoisotopic (exact) mass is 251 g/mol. The van der Waals surface area contributed by atoms with Crippen molar-refractivity contribution in [2.45, 2.75) is 13.5 Å². The molecule has 1 N–H and O–H groups in total. The Labute approximate surface area is 100.0 Å². The Morgan fingerprint density at radius 1 is 1.18 bits per heavy atom. The zero-order valence-corrected chi connectivity index (χ0v) is 10.5. The largest absolute Gasteiger partial charge is 0.250 e. The van der Waals surface area contributed by atoms with Crippen molar-refractivity contribution >= 4 is 21.1 Å². The third-order valence-corrected chi connectivity index (χ3v) is 3.01. The van der Waals surface area contributed by atoms with E-state index in [1.165, 1.54) is 0 Å². The van der Waals surface area contributed by atoms with Crippen LogP contribution in [0.5, 0.6) is 0 Å². The molecule has 6 heteroatoms. The molecular formula is C11H13N3O2S. The summed E-state index contributed by atoms with van der Waals surface area (Å²) in [6, 6.07) is 7.50. The van der Waals surface area contributed by atoms with Gasteiger partial charge in [0.05, 0.1) is 35.2 Å². The number of sulfonamides is 1. The lowest BCUT2D eigenvalue weighted by molar-refractivity contribution is 0.586. The SMILES string of the molecule is Cc1nc2ccccc2nc1CNS(C)(=O)=O. The highest BCUT2D eigenvalue weighted by atomic mass is 32.2. The standard InChI is InChI=1S/C11H13N3O2S/c1-8-11(7-12-17(2,15)16)14-10-6-4-3-5-9(10)13-8/h3-6,12H,7H2,1-2H3. The molecule has 0 spiro atoms. The van der Waals surface area contributed by atoms with Crippen molar-refractivity contribution in [3.05, 3.63) is 35.7 Å². The zero-order chi connectivity index (χ0) is 12.5. The fourth-order valence-corrected chi connectivity index (χ4v) is 1.89. The molecule has 0 radical (unpaired) electrons. The summed E-state index contributed by atoms with van der Waals surface area (Å²) in [5, 5.41) is 0. The second kappa shape index (κ2) is 4.38. The van der Waals surface area contributed by atoms with Gasteiger partial charge in [-0.05, 0) is 19.1 Å². The van der Waals surface area contributed by atoms with Gasteiger partial charge in [-0.1, -0.05) is 12.1 Å². The van der Waals surface area contributed by atoms with Gasteiger partial charge < -0.3 is 0 Å². The molecule has 1 aromatic carbocycles. The number of nitrogens with one attached hydrogen (secondary N) is 1. The van der Waals surface area contributed by atoms with Crippen LogP contribution in [0.15, 0.2) is 24.3 Å². The summed E-state index contributed by atoms with van der Waals surface area (Å²) >= 11 is 0. The van der Waals surface area contributed by atoms with Crippen molar-refractivity contribution in [2.24, 2.45) is 0 Å². The lowest BCUT2D eigenvalue weighted by atomic mass is 10.2. The highest BCUT2D eigenvalue weighted by Crippen LogP contribution is 2.12. The molecule has 2 rings (SSSR count). The molecular weight excluding hydrogens is 238 g/mol. The quantitative estimate of drug-likeness (QED) is 0.883. The zero-order valence-electron chi connectivity index (χ0n) is 9.64. The first-order valence-electron chi connectivity index (χ1n) is 5.12. The third-order valence-electron chi connectivity index (χ3n) is 2.34. The number of aromatic nitrogens is 2. The predicted octanol–water partition coefficient (Wildman–Crippen LogP) is 0.987. The molecule has 0 fully saturated rings. The number of rotatable bonds is 3. The molecule has 0 aliphatic carbocycles. The van der Waals surface area contributed by atoms with E-state index < -0.39 is 10.0 Å². The summed E-state index contributed by atoms with van der Waals surface area (Å²) in [6.07, 6.45) is 1.12. The lowest BCUT2D eigenvalue weighted by Gasteiger charge is -2.06. The number of fused-ring (bicyclic) bond motifs is 1. The number of benzene rings is 1. The van der Waals surface area contributed by atoms with Gasteiger partial charge in [0.15, 0.2) is 0 Å². The van der Waals surface area contributed by atoms with Crippen LogP contribution in [0, 0.1) is 6.92 Å². The molecule has 1 aromatic heterocycles. The summed E-state index contributed by atoms with van der Waals surface area (Å²) < 4.78 is 24.5. The molecule has 17 heavy (non-hydrogen) atoms. The van der Waals surface area contributed by atoms with Crippen molar-refractivity contribution in [3.8, 4) is 0 Å². The minimum Gasteiger partial charge on any atom is -0.250 e. The van der Waals surface area contributed by atoms with Crippen molar-refractivity contribution in [1.29, 1.82) is 0 Å². The van der Waals surface area contributed by atoms with Gasteiger partial charge in [-0.3, -0.25) is 0 Å². The maximum Gasteiger partial charge on any atom is 0.209 e. The molecule has 2 aromatic rings. The third kappa shape index (κ3) is 2.98. The molecule has 90 valence electrons. The van der Waals surface area contributed by atoms with Gasteiger partial charge in [0.2, 0.25) is 10.0 Å². The average molecular weight is 251 g/mol. The maximum atomic E-state index is 11.0. The number of nitrogens with zero attached hydrogens (tertiary/aromatic N) is 2. The highest BCUT2D eigenvalue weighted by molar-refractivity contribution is 7.88. The first-order chi connectivity index (χ1) is 7.96. The molecule has 5 nitrogen and oxygen atoms in total. The minimum atomic E-state index is -3.21.